The van der Waals surface area contributed by atoms with Gasteiger partial charge in [-0.05, 0) is 98.6 Å². The van der Waals surface area contributed by atoms with Crippen molar-refractivity contribution < 1.29 is 9.18 Å². The Morgan fingerprint density at radius 3 is 2.42 bits per heavy atom. The van der Waals surface area contributed by atoms with Gasteiger partial charge < -0.3 is 10.2 Å². The Balaban J connectivity index is 1.04. The first-order chi connectivity index (χ1) is 25.8. The van der Waals surface area contributed by atoms with Crippen LogP contribution in [0.3, 0.4) is 0 Å². The molecule has 1 saturated heterocycles. The number of carbonyl (C=O) groups excluding carboxylic acids is 1. The largest absolute Gasteiger partial charge is 0.348 e. The topological polar surface area (TPSA) is 105 Å². The highest BCUT2D eigenvalue weighted by molar-refractivity contribution is 5.96. The summed E-state index contributed by atoms with van der Waals surface area (Å²) in [5, 5.41) is 5.02. The highest BCUT2D eigenvalue weighted by Gasteiger charge is 2.28. The summed E-state index contributed by atoms with van der Waals surface area (Å²) >= 11 is 0. The number of carbonyl (C=O) groups is 1. The lowest BCUT2D eigenvalue weighted by Crippen LogP contribution is -2.45. The van der Waals surface area contributed by atoms with E-state index >= 15 is 0 Å². The second-order valence-corrected chi connectivity index (χ2v) is 14.4. The number of aromatic nitrogens is 4. The van der Waals surface area contributed by atoms with Crippen LogP contribution in [-0.2, 0) is 6.54 Å². The van der Waals surface area contributed by atoms with Crippen molar-refractivity contribution in [2.45, 2.75) is 50.7 Å². The van der Waals surface area contributed by atoms with Gasteiger partial charge in [-0.15, -0.1) is 0 Å². The first-order valence-electron chi connectivity index (χ1n) is 18.4. The number of rotatable bonds is 7. The van der Waals surface area contributed by atoms with Gasteiger partial charge in [0.2, 0.25) is 0 Å². The number of hydrogen-bond acceptors (Lipinski definition) is 7. The number of fused-ring (bicyclic) bond motifs is 2. The average Bonchev–Trinajstić information content (AvgIpc) is 3.39. The van der Waals surface area contributed by atoms with Gasteiger partial charge in [-0.25, -0.2) is 18.7 Å². The number of hydrogen-bond donors (Lipinski definition) is 1. The molecule has 11 heteroatoms. The molecule has 0 radical (unpaired) electrons. The molecule has 3 aromatic heterocycles. The third kappa shape index (κ3) is 7.27. The fraction of sp³-hybridized carbons (Fsp3) is 0.310. The minimum atomic E-state index is -0.652. The molecular weight excluding hydrogens is 670 g/mol. The summed E-state index contributed by atoms with van der Waals surface area (Å²) in [4.78, 5) is 54.9. The SMILES string of the molecule is CN1CCCN(Cc2ccc(-c3cccc(-n4c(=O)n(C5CCC(NC(=O)c6cc7ccccc7cn6)CC5)c(=O)c5cc(F)cnc54)c3)cc2)CC1. The summed E-state index contributed by atoms with van der Waals surface area (Å²) in [5.74, 6) is -0.910. The summed E-state index contributed by atoms with van der Waals surface area (Å²) < 4.78 is 17.3. The van der Waals surface area contributed by atoms with E-state index in [1.54, 1.807) is 12.3 Å². The van der Waals surface area contributed by atoms with Crippen molar-refractivity contribution >= 4 is 27.7 Å². The van der Waals surface area contributed by atoms with Crippen molar-refractivity contribution in [2.75, 3.05) is 33.2 Å². The third-order valence-electron chi connectivity index (χ3n) is 10.8. The minimum absolute atomic E-state index is 0.0388. The van der Waals surface area contributed by atoms with Crippen LogP contribution in [0, 0.1) is 5.82 Å². The number of amides is 1. The first kappa shape index (κ1) is 34.6. The summed E-state index contributed by atoms with van der Waals surface area (Å²) in [6.45, 7) is 5.22. The van der Waals surface area contributed by atoms with Crippen molar-refractivity contribution in [1.29, 1.82) is 0 Å². The number of benzene rings is 3. The summed E-state index contributed by atoms with van der Waals surface area (Å²) in [6, 6.07) is 26.2. The number of pyridine rings is 2. The molecule has 1 aliphatic heterocycles. The molecule has 2 fully saturated rings. The van der Waals surface area contributed by atoms with E-state index in [4.69, 9.17) is 0 Å². The second kappa shape index (κ2) is 14.8. The lowest BCUT2D eigenvalue weighted by molar-refractivity contribution is 0.0917. The zero-order valence-corrected chi connectivity index (χ0v) is 29.7. The Morgan fingerprint density at radius 1 is 0.811 bits per heavy atom. The van der Waals surface area contributed by atoms with Crippen LogP contribution in [0.25, 0.3) is 38.6 Å². The van der Waals surface area contributed by atoms with E-state index in [9.17, 15) is 18.8 Å². The van der Waals surface area contributed by atoms with Crippen molar-refractivity contribution in [3.63, 3.8) is 0 Å². The van der Waals surface area contributed by atoms with E-state index in [2.05, 4.69) is 56.4 Å². The molecule has 2 aliphatic rings. The summed E-state index contributed by atoms with van der Waals surface area (Å²) in [5.41, 5.74) is 3.04. The maximum Gasteiger partial charge on any atom is 0.337 e. The highest BCUT2D eigenvalue weighted by atomic mass is 19.1. The van der Waals surface area contributed by atoms with Crippen LogP contribution in [0.15, 0.2) is 107 Å². The monoisotopic (exact) mass is 711 g/mol. The molecular formula is C42H42FN7O3. The molecule has 1 amide bonds. The quantitative estimate of drug-likeness (QED) is 0.218. The molecule has 10 nitrogen and oxygen atoms in total. The molecule has 1 aliphatic carbocycles. The van der Waals surface area contributed by atoms with Gasteiger partial charge in [0, 0.05) is 43.3 Å². The van der Waals surface area contributed by atoms with Crippen molar-refractivity contribution in [3.8, 4) is 16.8 Å². The second-order valence-electron chi connectivity index (χ2n) is 14.4. The fourth-order valence-corrected chi connectivity index (χ4v) is 7.83. The number of nitrogens with zero attached hydrogens (tertiary/aromatic N) is 6. The number of nitrogens with one attached hydrogen (secondary N) is 1. The maximum absolute atomic E-state index is 14.6. The van der Waals surface area contributed by atoms with E-state index < -0.39 is 23.1 Å². The predicted octanol–water partition coefficient (Wildman–Crippen LogP) is 5.95. The Hall–Kier alpha value is -5.52. The van der Waals surface area contributed by atoms with Gasteiger partial charge in [-0.1, -0.05) is 60.7 Å². The standard InChI is InChI=1S/C42H42FN7O3/c1-47-18-5-19-48(21-20-47)27-28-10-12-29(13-11-28)30-8-4-9-36(22-30)49-39-37(24-33(43)26-45-39)41(52)50(42(49)53)35-16-14-34(15-17-35)46-40(51)38-23-31-6-2-3-7-32(31)25-44-38/h2-4,6-13,22-26,34-35H,5,14-21,27H2,1H3,(H,46,51). The summed E-state index contributed by atoms with van der Waals surface area (Å²) in [6.07, 6.45) is 5.99. The molecule has 53 heavy (non-hydrogen) atoms. The van der Waals surface area contributed by atoms with Crippen LogP contribution in [-0.4, -0.2) is 74.1 Å². The van der Waals surface area contributed by atoms with Crippen LogP contribution in [0.1, 0.15) is 54.2 Å². The van der Waals surface area contributed by atoms with Gasteiger partial charge in [0.1, 0.15) is 11.5 Å². The predicted molar refractivity (Wildman–Crippen MR) is 205 cm³/mol. The van der Waals surface area contributed by atoms with Gasteiger partial charge in [-0.3, -0.25) is 24.0 Å². The third-order valence-corrected chi connectivity index (χ3v) is 10.8. The normalized spacial score (nSPS) is 18.6. The lowest BCUT2D eigenvalue weighted by Gasteiger charge is -2.30. The van der Waals surface area contributed by atoms with Gasteiger partial charge in [0.25, 0.3) is 11.5 Å². The molecule has 270 valence electrons. The Morgan fingerprint density at radius 2 is 1.60 bits per heavy atom. The Bertz CT molecular complexity index is 2420. The zero-order valence-electron chi connectivity index (χ0n) is 29.7. The van der Waals surface area contributed by atoms with E-state index in [1.165, 1.54) is 14.7 Å². The van der Waals surface area contributed by atoms with Gasteiger partial charge >= 0.3 is 5.69 Å². The van der Waals surface area contributed by atoms with Crippen LogP contribution in [0.2, 0.25) is 0 Å². The number of likely N-dealkylation sites (N-methyl/N-ethyl adjacent to an activating group) is 1. The minimum Gasteiger partial charge on any atom is -0.348 e. The van der Waals surface area contributed by atoms with E-state index in [-0.39, 0.29) is 23.0 Å². The van der Waals surface area contributed by atoms with Crippen LogP contribution in [0.5, 0.6) is 0 Å². The van der Waals surface area contributed by atoms with Crippen molar-refractivity contribution in [1.82, 2.24) is 34.2 Å². The summed E-state index contributed by atoms with van der Waals surface area (Å²) in [7, 11) is 2.17. The van der Waals surface area contributed by atoms with Crippen LogP contribution in [0.4, 0.5) is 4.39 Å². The smallest absolute Gasteiger partial charge is 0.337 e. The molecule has 0 unspecified atom stereocenters. The molecule has 3 aromatic carbocycles. The molecule has 0 bridgehead atoms. The molecule has 0 atom stereocenters. The molecule has 6 aromatic rings. The van der Waals surface area contributed by atoms with Crippen molar-refractivity contribution in [3.05, 3.63) is 135 Å². The van der Waals surface area contributed by atoms with E-state index in [1.807, 2.05) is 48.5 Å². The van der Waals surface area contributed by atoms with Gasteiger partial charge in [0.15, 0.2) is 5.65 Å². The van der Waals surface area contributed by atoms with Crippen LogP contribution < -0.4 is 16.6 Å². The molecule has 8 rings (SSSR count). The molecule has 1 N–H and O–H groups in total. The fourth-order valence-electron chi connectivity index (χ4n) is 7.83. The van der Waals surface area contributed by atoms with Gasteiger partial charge in [-0.2, -0.15) is 0 Å². The first-order valence-corrected chi connectivity index (χ1v) is 18.4. The van der Waals surface area contributed by atoms with Gasteiger partial charge in [0.05, 0.1) is 17.3 Å². The molecule has 1 saturated carbocycles. The highest BCUT2D eigenvalue weighted by Crippen LogP contribution is 2.29. The maximum atomic E-state index is 14.6. The van der Waals surface area contributed by atoms with Crippen LogP contribution >= 0.6 is 0 Å². The Kier molecular flexibility index (Phi) is 9.68. The Labute approximate surface area is 306 Å². The lowest BCUT2D eigenvalue weighted by atomic mass is 9.90. The average molecular weight is 712 g/mol. The van der Waals surface area contributed by atoms with Crippen molar-refractivity contribution in [2.24, 2.45) is 0 Å². The van der Waals surface area contributed by atoms with E-state index in [0.717, 1.165) is 73.3 Å². The number of halogens is 1. The molecule has 4 heterocycles. The molecule has 0 spiro atoms. The zero-order chi connectivity index (χ0) is 36.5. The van der Waals surface area contributed by atoms with E-state index in [0.29, 0.717) is 37.1 Å².